The summed E-state index contributed by atoms with van der Waals surface area (Å²) in [5, 5.41) is 3.20. The van der Waals surface area contributed by atoms with Crippen LogP contribution in [0.4, 0.5) is 13.2 Å². The van der Waals surface area contributed by atoms with Crippen molar-refractivity contribution < 1.29 is 18.0 Å². The van der Waals surface area contributed by atoms with Crippen molar-refractivity contribution >= 4 is 5.91 Å². The van der Waals surface area contributed by atoms with Crippen molar-refractivity contribution in [1.29, 1.82) is 0 Å². The second-order valence-electron chi connectivity index (χ2n) is 8.13. The first-order valence-electron chi connectivity index (χ1n) is 9.91. The van der Waals surface area contributed by atoms with Gasteiger partial charge in [-0.1, -0.05) is 44.2 Å². The van der Waals surface area contributed by atoms with Gasteiger partial charge in [-0.05, 0) is 55.1 Å². The Kier molecular flexibility index (Phi) is 6.03. The van der Waals surface area contributed by atoms with Crippen LogP contribution in [-0.4, -0.2) is 30.9 Å². The Hall–Kier alpha value is -2.34. The van der Waals surface area contributed by atoms with E-state index in [1.54, 1.807) is 6.92 Å². The standard InChI is InChI=1S/C23H27F3N2O/c1-4-17-12-19(23(24,25)26)10-11-20(17)21(29)27-22(18-8-6-5-7-9-18)13-16(2)14-28(3)15-22/h5-12,16H,4,13-15H2,1-3H3,(H,27,29)/t16-,22-/m0/s1. The molecule has 2 atom stereocenters. The molecule has 0 radical (unpaired) electrons. The van der Waals surface area contributed by atoms with E-state index in [9.17, 15) is 18.0 Å². The molecule has 2 aromatic carbocycles. The van der Waals surface area contributed by atoms with Crippen LogP contribution in [0.25, 0.3) is 0 Å². The van der Waals surface area contributed by atoms with Gasteiger partial charge in [0.1, 0.15) is 0 Å². The highest BCUT2D eigenvalue weighted by atomic mass is 19.4. The summed E-state index contributed by atoms with van der Waals surface area (Å²) in [7, 11) is 2.02. The minimum atomic E-state index is -4.42. The summed E-state index contributed by atoms with van der Waals surface area (Å²) < 4.78 is 39.2. The first kappa shape index (κ1) is 21.4. The Bertz CT molecular complexity index is 854. The van der Waals surface area contributed by atoms with Crippen molar-refractivity contribution in [2.45, 2.75) is 38.4 Å². The zero-order valence-corrected chi connectivity index (χ0v) is 17.0. The van der Waals surface area contributed by atoms with Crippen LogP contribution in [-0.2, 0) is 18.1 Å². The lowest BCUT2D eigenvalue weighted by molar-refractivity contribution is -0.137. The Morgan fingerprint density at radius 3 is 2.48 bits per heavy atom. The molecule has 1 aliphatic rings. The molecule has 29 heavy (non-hydrogen) atoms. The van der Waals surface area contributed by atoms with Gasteiger partial charge in [-0.3, -0.25) is 4.79 Å². The van der Waals surface area contributed by atoms with Crippen molar-refractivity contribution in [2.24, 2.45) is 5.92 Å². The quantitative estimate of drug-likeness (QED) is 0.789. The minimum absolute atomic E-state index is 0.302. The summed E-state index contributed by atoms with van der Waals surface area (Å²) in [6, 6.07) is 13.2. The van der Waals surface area contributed by atoms with Gasteiger partial charge in [0.25, 0.3) is 5.91 Å². The highest BCUT2D eigenvalue weighted by molar-refractivity contribution is 5.96. The third kappa shape index (κ3) is 4.64. The molecule has 1 aliphatic heterocycles. The number of hydrogen-bond donors (Lipinski definition) is 1. The number of carbonyl (C=O) groups is 1. The fraction of sp³-hybridized carbons (Fsp3) is 0.435. The van der Waals surface area contributed by atoms with Crippen molar-refractivity contribution in [2.75, 3.05) is 20.1 Å². The highest BCUT2D eigenvalue weighted by Crippen LogP contribution is 2.35. The number of likely N-dealkylation sites (N-methyl/N-ethyl adjacent to an activating group) is 1. The zero-order valence-electron chi connectivity index (χ0n) is 17.0. The fourth-order valence-electron chi connectivity index (χ4n) is 4.48. The number of benzene rings is 2. The van der Waals surface area contributed by atoms with Gasteiger partial charge in [0, 0.05) is 18.7 Å². The summed E-state index contributed by atoms with van der Waals surface area (Å²) in [4.78, 5) is 15.4. The van der Waals surface area contributed by atoms with E-state index in [2.05, 4.69) is 17.1 Å². The van der Waals surface area contributed by atoms with E-state index in [-0.39, 0.29) is 5.91 Å². The van der Waals surface area contributed by atoms with E-state index in [1.165, 1.54) is 6.07 Å². The zero-order chi connectivity index (χ0) is 21.2. The molecule has 1 saturated heterocycles. The molecule has 0 aromatic heterocycles. The van der Waals surface area contributed by atoms with Gasteiger partial charge in [0.15, 0.2) is 0 Å². The first-order valence-corrected chi connectivity index (χ1v) is 9.91. The van der Waals surface area contributed by atoms with E-state index in [0.29, 0.717) is 30.0 Å². The highest BCUT2D eigenvalue weighted by Gasteiger charge is 2.40. The molecule has 0 unspecified atom stereocenters. The normalized spacial score (nSPS) is 23.0. The average Bonchev–Trinajstić information content (AvgIpc) is 2.66. The number of nitrogens with zero attached hydrogens (tertiary/aromatic N) is 1. The lowest BCUT2D eigenvalue weighted by atomic mass is 9.78. The second kappa shape index (κ2) is 8.19. The molecule has 3 rings (SSSR count). The van der Waals surface area contributed by atoms with E-state index in [0.717, 1.165) is 30.7 Å². The number of nitrogens with one attached hydrogen (secondary N) is 1. The number of likely N-dealkylation sites (tertiary alicyclic amines) is 1. The van der Waals surface area contributed by atoms with Crippen LogP contribution in [0.1, 0.15) is 47.3 Å². The second-order valence-corrected chi connectivity index (χ2v) is 8.13. The van der Waals surface area contributed by atoms with E-state index >= 15 is 0 Å². The Balaban J connectivity index is 1.98. The van der Waals surface area contributed by atoms with E-state index in [1.807, 2.05) is 37.4 Å². The number of hydrogen-bond acceptors (Lipinski definition) is 2. The predicted molar refractivity (Wildman–Crippen MR) is 108 cm³/mol. The molecule has 6 heteroatoms. The van der Waals surface area contributed by atoms with Crippen LogP contribution < -0.4 is 5.32 Å². The average molecular weight is 404 g/mol. The Morgan fingerprint density at radius 1 is 1.21 bits per heavy atom. The molecule has 156 valence electrons. The minimum Gasteiger partial charge on any atom is -0.341 e. The molecule has 1 N–H and O–H groups in total. The number of rotatable bonds is 4. The molecular weight excluding hydrogens is 377 g/mol. The molecule has 3 nitrogen and oxygen atoms in total. The number of alkyl halides is 3. The van der Waals surface area contributed by atoms with Crippen molar-refractivity contribution in [1.82, 2.24) is 10.2 Å². The summed E-state index contributed by atoms with van der Waals surface area (Å²) in [5.41, 5.74) is 0.402. The maximum atomic E-state index is 13.2. The smallest absolute Gasteiger partial charge is 0.341 e. The summed E-state index contributed by atoms with van der Waals surface area (Å²) in [5.74, 6) is 0.0365. The molecule has 1 amide bonds. The first-order chi connectivity index (χ1) is 13.6. The summed E-state index contributed by atoms with van der Waals surface area (Å²) in [6.07, 6.45) is -3.30. The Morgan fingerprint density at radius 2 is 1.90 bits per heavy atom. The largest absolute Gasteiger partial charge is 0.416 e. The number of amides is 1. The number of piperidine rings is 1. The van der Waals surface area contributed by atoms with E-state index < -0.39 is 17.3 Å². The van der Waals surface area contributed by atoms with Gasteiger partial charge in [-0.25, -0.2) is 0 Å². The lowest BCUT2D eigenvalue weighted by Gasteiger charge is -2.45. The molecule has 2 aromatic rings. The van der Waals surface area contributed by atoms with Crippen LogP contribution in [0, 0.1) is 5.92 Å². The number of carbonyl (C=O) groups excluding carboxylic acids is 1. The SMILES string of the molecule is CCc1cc(C(F)(F)F)ccc1C(=O)N[C@@]1(c2ccccc2)C[C@H](C)CN(C)C1. The third-order valence-corrected chi connectivity index (χ3v) is 5.60. The van der Waals surface area contributed by atoms with Crippen molar-refractivity contribution in [3.63, 3.8) is 0 Å². The van der Waals surface area contributed by atoms with Crippen LogP contribution >= 0.6 is 0 Å². The fourth-order valence-corrected chi connectivity index (χ4v) is 4.48. The van der Waals surface area contributed by atoms with Crippen molar-refractivity contribution in [3.05, 3.63) is 70.8 Å². The maximum absolute atomic E-state index is 13.2. The molecule has 0 saturated carbocycles. The molecule has 1 heterocycles. The molecule has 1 fully saturated rings. The molecular formula is C23H27F3N2O. The van der Waals surface area contributed by atoms with E-state index in [4.69, 9.17) is 0 Å². The topological polar surface area (TPSA) is 32.3 Å². The van der Waals surface area contributed by atoms with Gasteiger partial charge in [-0.2, -0.15) is 13.2 Å². The number of aryl methyl sites for hydroxylation is 1. The molecule has 0 aliphatic carbocycles. The lowest BCUT2D eigenvalue weighted by Crippen LogP contribution is -2.57. The third-order valence-electron chi connectivity index (χ3n) is 5.60. The van der Waals surface area contributed by atoms with Crippen LogP contribution in [0.5, 0.6) is 0 Å². The number of halogens is 3. The summed E-state index contributed by atoms with van der Waals surface area (Å²) in [6.45, 7) is 5.49. The van der Waals surface area contributed by atoms with Gasteiger partial charge < -0.3 is 10.2 Å². The molecule has 0 bridgehead atoms. The van der Waals surface area contributed by atoms with Gasteiger partial charge in [0.2, 0.25) is 0 Å². The predicted octanol–water partition coefficient (Wildman–Crippen LogP) is 4.86. The summed E-state index contributed by atoms with van der Waals surface area (Å²) >= 11 is 0. The van der Waals surface area contributed by atoms with Gasteiger partial charge >= 0.3 is 6.18 Å². The van der Waals surface area contributed by atoms with Gasteiger partial charge in [0.05, 0.1) is 11.1 Å². The van der Waals surface area contributed by atoms with Crippen LogP contribution in [0.3, 0.4) is 0 Å². The van der Waals surface area contributed by atoms with Crippen LogP contribution in [0.2, 0.25) is 0 Å². The van der Waals surface area contributed by atoms with Crippen molar-refractivity contribution in [3.8, 4) is 0 Å². The molecule has 0 spiro atoms. The van der Waals surface area contributed by atoms with Gasteiger partial charge in [-0.15, -0.1) is 0 Å². The monoisotopic (exact) mass is 404 g/mol. The Labute approximate surface area is 169 Å². The maximum Gasteiger partial charge on any atom is 0.416 e. The van der Waals surface area contributed by atoms with Crippen LogP contribution in [0.15, 0.2) is 48.5 Å².